The molecule has 6 nitrogen and oxygen atoms in total. The number of likely N-dealkylation sites (tertiary alicyclic amines) is 1. The zero-order valence-corrected chi connectivity index (χ0v) is 11.6. The molecule has 0 N–H and O–H groups in total. The van der Waals surface area contributed by atoms with E-state index in [2.05, 4.69) is 10.1 Å². The van der Waals surface area contributed by atoms with Crippen molar-refractivity contribution in [3.8, 4) is 0 Å². The zero-order valence-electron chi connectivity index (χ0n) is 11.6. The van der Waals surface area contributed by atoms with E-state index < -0.39 is 0 Å². The molecule has 0 radical (unpaired) electrons. The number of carbonyl (C=O) groups is 1. The maximum Gasteiger partial charge on any atom is 0.276 e. The highest BCUT2D eigenvalue weighted by Gasteiger charge is 2.26. The van der Waals surface area contributed by atoms with Crippen molar-refractivity contribution in [3.63, 3.8) is 0 Å². The molecule has 0 aliphatic carbocycles. The minimum Gasteiger partial charge on any atom is -0.372 e. The van der Waals surface area contributed by atoms with E-state index in [-0.39, 0.29) is 12.0 Å². The Bertz CT molecular complexity index is 571. The second-order valence-electron chi connectivity index (χ2n) is 5.07. The van der Waals surface area contributed by atoms with Crippen LogP contribution in [0, 0.1) is 0 Å². The summed E-state index contributed by atoms with van der Waals surface area (Å²) in [6, 6.07) is 5.45. The molecular formula is C15H17N3O3. The molecule has 1 aliphatic heterocycles. The summed E-state index contributed by atoms with van der Waals surface area (Å²) in [5, 5.41) is 3.69. The van der Waals surface area contributed by atoms with Crippen LogP contribution in [0.3, 0.4) is 0 Å². The van der Waals surface area contributed by atoms with E-state index in [0.29, 0.717) is 18.8 Å². The summed E-state index contributed by atoms with van der Waals surface area (Å²) in [7, 11) is 0. The molecule has 1 atom stereocenters. The Balaban J connectivity index is 1.55. The number of pyridine rings is 1. The number of amides is 1. The lowest BCUT2D eigenvalue weighted by molar-refractivity contribution is -0.00707. The van der Waals surface area contributed by atoms with E-state index in [1.807, 2.05) is 12.1 Å². The molecule has 1 fully saturated rings. The number of carbonyl (C=O) groups excluding carboxylic acids is 1. The topological polar surface area (TPSA) is 68.5 Å². The van der Waals surface area contributed by atoms with Crippen molar-refractivity contribution in [2.24, 2.45) is 0 Å². The van der Waals surface area contributed by atoms with Crippen LogP contribution in [0.25, 0.3) is 0 Å². The van der Waals surface area contributed by atoms with Crippen LogP contribution in [-0.2, 0) is 11.3 Å². The summed E-state index contributed by atoms with van der Waals surface area (Å²) in [5.41, 5.74) is 1.39. The Morgan fingerprint density at radius 3 is 3.19 bits per heavy atom. The molecule has 0 spiro atoms. The van der Waals surface area contributed by atoms with Gasteiger partial charge in [-0.15, -0.1) is 0 Å². The van der Waals surface area contributed by atoms with Crippen molar-refractivity contribution < 1.29 is 14.1 Å². The van der Waals surface area contributed by atoms with Crippen molar-refractivity contribution in [1.29, 1.82) is 0 Å². The van der Waals surface area contributed by atoms with Crippen LogP contribution in [0.1, 0.15) is 28.9 Å². The quantitative estimate of drug-likeness (QED) is 0.859. The molecule has 2 aromatic rings. The number of piperidine rings is 1. The summed E-state index contributed by atoms with van der Waals surface area (Å²) in [4.78, 5) is 18.1. The lowest BCUT2D eigenvalue weighted by Gasteiger charge is -2.32. The third kappa shape index (κ3) is 3.46. The zero-order chi connectivity index (χ0) is 14.5. The molecule has 6 heteroatoms. The van der Waals surface area contributed by atoms with E-state index in [1.165, 1.54) is 6.26 Å². The first-order valence-corrected chi connectivity index (χ1v) is 7.03. The van der Waals surface area contributed by atoms with Gasteiger partial charge in [0.05, 0.1) is 12.7 Å². The Morgan fingerprint density at radius 1 is 1.48 bits per heavy atom. The standard InChI is InChI=1S/C15H17N3O3/c19-15(14-5-8-21-17-14)18-7-2-4-13(10-18)20-11-12-3-1-6-16-9-12/h1,3,5-6,8-9,13H,2,4,7,10-11H2/t13-/m1/s1. The fourth-order valence-electron chi connectivity index (χ4n) is 2.44. The van der Waals surface area contributed by atoms with E-state index in [9.17, 15) is 4.79 Å². The molecule has 1 amide bonds. The molecule has 3 heterocycles. The number of rotatable bonds is 4. The van der Waals surface area contributed by atoms with Gasteiger partial charge in [-0.3, -0.25) is 9.78 Å². The van der Waals surface area contributed by atoms with Crippen LogP contribution in [-0.4, -0.2) is 40.1 Å². The molecule has 21 heavy (non-hydrogen) atoms. The molecule has 0 bridgehead atoms. The van der Waals surface area contributed by atoms with Gasteiger partial charge < -0.3 is 14.2 Å². The second kappa shape index (κ2) is 6.49. The van der Waals surface area contributed by atoms with Crippen LogP contribution in [0.2, 0.25) is 0 Å². The Hall–Kier alpha value is -2.21. The van der Waals surface area contributed by atoms with Crippen molar-refractivity contribution in [2.45, 2.75) is 25.6 Å². The Labute approximate surface area is 122 Å². The van der Waals surface area contributed by atoms with Crippen molar-refractivity contribution >= 4 is 5.91 Å². The van der Waals surface area contributed by atoms with Gasteiger partial charge in [-0.1, -0.05) is 11.2 Å². The molecule has 0 aromatic carbocycles. The van der Waals surface area contributed by atoms with Crippen LogP contribution in [0.15, 0.2) is 41.4 Å². The first-order chi connectivity index (χ1) is 10.3. The highest BCUT2D eigenvalue weighted by molar-refractivity contribution is 5.92. The molecule has 3 rings (SSSR count). The lowest BCUT2D eigenvalue weighted by Crippen LogP contribution is -2.43. The van der Waals surface area contributed by atoms with E-state index in [1.54, 1.807) is 23.4 Å². The average Bonchev–Trinajstić information content (AvgIpc) is 3.08. The molecule has 0 saturated carbocycles. The van der Waals surface area contributed by atoms with Gasteiger partial charge in [-0.25, -0.2) is 0 Å². The maximum absolute atomic E-state index is 12.2. The number of hydrogen-bond donors (Lipinski definition) is 0. The van der Waals surface area contributed by atoms with Gasteiger partial charge in [-0.05, 0) is 24.5 Å². The van der Waals surface area contributed by atoms with Crippen LogP contribution < -0.4 is 0 Å². The third-order valence-electron chi connectivity index (χ3n) is 3.53. The fourth-order valence-corrected chi connectivity index (χ4v) is 2.44. The number of ether oxygens (including phenoxy) is 1. The Morgan fingerprint density at radius 2 is 2.43 bits per heavy atom. The maximum atomic E-state index is 12.2. The third-order valence-corrected chi connectivity index (χ3v) is 3.53. The van der Waals surface area contributed by atoms with Gasteiger partial charge in [-0.2, -0.15) is 0 Å². The molecular weight excluding hydrogens is 270 g/mol. The van der Waals surface area contributed by atoms with Crippen molar-refractivity contribution in [1.82, 2.24) is 15.0 Å². The van der Waals surface area contributed by atoms with Gasteiger partial charge in [0.1, 0.15) is 6.26 Å². The normalized spacial score (nSPS) is 18.7. The fraction of sp³-hybridized carbons (Fsp3) is 0.400. The molecule has 2 aromatic heterocycles. The van der Waals surface area contributed by atoms with Crippen LogP contribution in [0.4, 0.5) is 0 Å². The lowest BCUT2D eigenvalue weighted by atomic mass is 10.1. The summed E-state index contributed by atoms with van der Waals surface area (Å²) in [6.45, 7) is 1.84. The predicted molar refractivity (Wildman–Crippen MR) is 74.5 cm³/mol. The second-order valence-corrected chi connectivity index (χ2v) is 5.07. The summed E-state index contributed by atoms with van der Waals surface area (Å²) < 4.78 is 10.6. The smallest absolute Gasteiger partial charge is 0.276 e. The number of nitrogens with zero attached hydrogens (tertiary/aromatic N) is 3. The summed E-state index contributed by atoms with van der Waals surface area (Å²) in [5.74, 6) is -0.0987. The van der Waals surface area contributed by atoms with Crippen molar-refractivity contribution in [2.75, 3.05) is 13.1 Å². The first kappa shape index (κ1) is 13.8. The van der Waals surface area contributed by atoms with E-state index >= 15 is 0 Å². The minimum atomic E-state index is -0.0987. The Kier molecular flexibility index (Phi) is 4.25. The summed E-state index contributed by atoms with van der Waals surface area (Å²) in [6.07, 6.45) is 6.89. The predicted octanol–water partition coefficient (Wildman–Crippen LogP) is 1.89. The van der Waals surface area contributed by atoms with Gasteiger partial charge in [0.2, 0.25) is 0 Å². The molecule has 110 valence electrons. The highest BCUT2D eigenvalue weighted by atomic mass is 16.5. The number of aromatic nitrogens is 2. The largest absolute Gasteiger partial charge is 0.372 e. The van der Waals surface area contributed by atoms with E-state index in [4.69, 9.17) is 9.26 Å². The van der Waals surface area contributed by atoms with Crippen molar-refractivity contribution in [3.05, 3.63) is 48.1 Å². The minimum absolute atomic E-state index is 0.0507. The van der Waals surface area contributed by atoms with Gasteiger partial charge in [0, 0.05) is 31.5 Å². The number of hydrogen-bond acceptors (Lipinski definition) is 5. The van der Waals surface area contributed by atoms with Crippen LogP contribution in [0.5, 0.6) is 0 Å². The first-order valence-electron chi connectivity index (χ1n) is 7.03. The van der Waals surface area contributed by atoms with Gasteiger partial charge in [0.25, 0.3) is 5.91 Å². The monoisotopic (exact) mass is 287 g/mol. The molecule has 1 aliphatic rings. The van der Waals surface area contributed by atoms with E-state index in [0.717, 1.165) is 24.9 Å². The molecule has 0 unspecified atom stereocenters. The van der Waals surface area contributed by atoms with Gasteiger partial charge >= 0.3 is 0 Å². The van der Waals surface area contributed by atoms with Gasteiger partial charge in [0.15, 0.2) is 5.69 Å². The highest BCUT2D eigenvalue weighted by Crippen LogP contribution is 2.17. The molecule has 1 saturated heterocycles. The SMILES string of the molecule is O=C(c1ccon1)N1CCC[C@@H](OCc2cccnc2)C1. The van der Waals surface area contributed by atoms with Crippen LogP contribution >= 0.6 is 0 Å². The summed E-state index contributed by atoms with van der Waals surface area (Å²) >= 11 is 0. The average molecular weight is 287 g/mol.